The van der Waals surface area contributed by atoms with Crippen LogP contribution in [-0.4, -0.2) is 310 Å². The number of aliphatic hydroxyl groups is 3. The Morgan fingerprint density at radius 1 is 0.718 bits per heavy atom. The molecule has 35 heteroatoms. The van der Waals surface area contributed by atoms with Gasteiger partial charge in [-0.05, 0) is 145 Å². The maximum Gasteiger partial charge on any atom is 0.329 e. The number of fused-ring (bicyclic) bond motifs is 6. The van der Waals surface area contributed by atoms with Gasteiger partial charge < -0.3 is 106 Å². The molecule has 2 amide bonds. The van der Waals surface area contributed by atoms with Crippen LogP contribution < -0.4 is 10.6 Å². The number of benzene rings is 1. The summed E-state index contributed by atoms with van der Waals surface area (Å²) in [5.74, 6) is -6.62. The summed E-state index contributed by atoms with van der Waals surface area (Å²) in [4.78, 5) is 111. The van der Waals surface area contributed by atoms with Crippen LogP contribution in [0.3, 0.4) is 0 Å². The number of carbonyl (C=O) groups is 6. The molecule has 16 atom stereocenters. The quantitative estimate of drug-likeness (QED) is 0.0123. The summed E-state index contributed by atoms with van der Waals surface area (Å²) in [5.41, 5.74) is 12.4. The second-order valence-corrected chi connectivity index (χ2v) is 35.0. The van der Waals surface area contributed by atoms with Crippen molar-refractivity contribution in [3.05, 3.63) is 95.4 Å². The fraction of sp³-hybridized carbons (Fsp3) is 0.688. The normalized spacial score (nSPS) is 27.0. The van der Waals surface area contributed by atoms with E-state index in [1.165, 1.54) is 18.3 Å². The largest absolute Gasteiger partial charge is 0.460 e. The van der Waals surface area contributed by atoms with Gasteiger partial charge >= 0.3 is 11.9 Å². The number of piperidine rings is 1. The molecule has 8 heterocycles. The summed E-state index contributed by atoms with van der Waals surface area (Å²) in [7, 11) is 8.42. The topological polar surface area (TPSA) is 423 Å². The van der Waals surface area contributed by atoms with E-state index in [1.54, 1.807) is 51.9 Å². The van der Waals surface area contributed by atoms with Crippen molar-refractivity contribution in [1.29, 1.82) is 0 Å². The molecule has 728 valence electrons. The molecule has 1 aromatic carbocycles. The van der Waals surface area contributed by atoms with Crippen molar-refractivity contribution in [3.8, 4) is 11.3 Å². The summed E-state index contributed by atoms with van der Waals surface area (Å²) in [6.07, 6.45) is 15.2. The lowest BCUT2D eigenvalue weighted by atomic mass is 9.78. The lowest BCUT2D eigenvalue weighted by Gasteiger charge is -2.43. The van der Waals surface area contributed by atoms with Crippen molar-refractivity contribution in [2.45, 2.75) is 239 Å². The third kappa shape index (κ3) is 31.8. The van der Waals surface area contributed by atoms with E-state index >= 15 is 0 Å². The molecule has 0 spiro atoms. The average Bonchev–Trinajstić information content (AvgIpc) is 1.50. The van der Waals surface area contributed by atoms with Crippen LogP contribution in [0, 0.1) is 35.5 Å². The Balaban J connectivity index is 0.000000333. The Labute approximate surface area is 770 Å². The van der Waals surface area contributed by atoms with Gasteiger partial charge in [0.05, 0.1) is 128 Å². The van der Waals surface area contributed by atoms with Crippen molar-refractivity contribution in [1.82, 2.24) is 44.5 Å². The number of ketones is 2. The third-order valence-corrected chi connectivity index (χ3v) is 24.9. The van der Waals surface area contributed by atoms with Crippen molar-refractivity contribution in [2.24, 2.45) is 35.5 Å². The molecule has 2 bridgehead atoms. The highest BCUT2D eigenvalue weighted by atomic mass is 16.6. The standard InChI is InChI=1S/C63H103NO18.C33H42N10O6/c1-12-76-29-30-78-33-34-79-32-31-77-28-18-22-56(66)80-52-26-24-48(38-55(52)74-10)37-44(5)54-40-51(65)43(4)36-46(7)58(68)59(75-11)57(67)45(6)35-41(2)19-14-13-15-20-42(3)53(73-9)39-49-25-23-47(8)63(72,82-49)60(69)61(70)64-27-17-16-21-50(64)62(71)81-54;1-4-45-11-12-47-15-16-48-14-13-46-10-8-28(44)42-9-7-24-23(19-42)18-35-27(38-24)20-43-32-29(31(41(2)3)36-21-37-32)30(40-43)22-5-6-26-25(17-22)39-33(34)49-26/h13-15,19-20,36,41,43-45,47-55,58-59,65,68,72H,12,16-18,21-35,37-40H2,1-11H3;5-6,17-18,21H,4,7-16,19-20H2,1-3H3,(H2,34,39)/b15-13+,19-14+,42-20+,46-36+;/t41-,43-,44-,45-,47-,48+,49+,50+,51-,52-,53+,54+,55-,58-,59+,63-;/m1./s1. The Bertz CT molecular complexity index is 4520. The number of amides is 2. The third-order valence-electron chi connectivity index (χ3n) is 24.9. The number of rotatable bonds is 38. The summed E-state index contributed by atoms with van der Waals surface area (Å²) in [6.45, 7) is 26.0. The number of hydrogen-bond donors (Lipinski definition) is 4. The monoisotopic (exact) mass is 1840 g/mol. The molecule has 1 saturated carbocycles. The fourth-order valence-corrected chi connectivity index (χ4v) is 17.4. The first-order valence-electron chi connectivity index (χ1n) is 46.7. The molecule has 4 aromatic heterocycles. The molecule has 4 aliphatic heterocycles. The van der Waals surface area contributed by atoms with Gasteiger partial charge in [0.15, 0.2) is 17.0 Å². The number of nitrogens with zero attached hydrogens (tertiary/aromatic N) is 10. The molecule has 1 aliphatic carbocycles. The number of oxazole rings is 1. The molecule has 3 fully saturated rings. The number of anilines is 2. The lowest BCUT2D eigenvalue weighted by molar-refractivity contribution is -0.265. The van der Waals surface area contributed by atoms with Crippen LogP contribution in [0.5, 0.6) is 0 Å². The first-order valence-corrected chi connectivity index (χ1v) is 46.7. The van der Waals surface area contributed by atoms with Gasteiger partial charge in [0.1, 0.15) is 66.2 Å². The van der Waals surface area contributed by atoms with Crippen molar-refractivity contribution in [3.63, 3.8) is 0 Å². The minimum Gasteiger partial charge on any atom is -0.460 e. The second kappa shape index (κ2) is 54.8. The lowest BCUT2D eigenvalue weighted by Crippen LogP contribution is -2.61. The van der Waals surface area contributed by atoms with Gasteiger partial charge in [-0.3, -0.25) is 24.0 Å². The van der Waals surface area contributed by atoms with Crippen LogP contribution in [0.25, 0.3) is 33.4 Å². The predicted octanol–water partition coefficient (Wildman–Crippen LogP) is 9.87. The SMILES string of the molecule is CCOCCOCCOCCOCCC(=O)N1CCc2nc(Cn3nc(-c4ccc5oc(N)nc5c4)c4c(N(C)C)ncnc43)ncc2C1.CCOCCOCCOCCOCCCC(=O)O[C@@H]1CC[C@@H](C[C@@H](C)[C@@H]2C[C@@H](O)[C@H](C)/C=C(\C)[C@@H](O)[C@@H](OC)C(=O)[C@H](C)C[C@H](C)/C=C/C=C/C=C(\C)[C@@H](OC)C[C@@H]3CC[C@@H](C)[C@@](O)(O3)C(=O)C(=O)N3CCCC[C@H]3C(=O)O2)C[C@H]1OC. The van der Waals surface area contributed by atoms with Gasteiger partial charge in [0.25, 0.3) is 17.7 Å². The van der Waals surface area contributed by atoms with Crippen LogP contribution in [0.2, 0.25) is 0 Å². The number of cyclic esters (lactones) is 1. The van der Waals surface area contributed by atoms with Crippen LogP contribution in [-0.2, 0) is 115 Å². The molecule has 2 saturated heterocycles. The molecule has 5 N–H and O–H groups in total. The molecule has 35 nitrogen and oxygen atoms in total. The Hall–Kier alpha value is -8.50. The van der Waals surface area contributed by atoms with E-state index < -0.39 is 90.0 Å². The van der Waals surface area contributed by atoms with E-state index in [4.69, 9.17) is 86.5 Å². The van der Waals surface area contributed by atoms with Crippen molar-refractivity contribution < 1.29 is 115 Å². The fourth-order valence-electron chi connectivity index (χ4n) is 17.4. The number of ether oxygens (including phenoxy) is 14. The highest BCUT2D eigenvalue weighted by Gasteiger charge is 2.53. The second-order valence-electron chi connectivity index (χ2n) is 35.0. The molecule has 5 aliphatic rings. The van der Waals surface area contributed by atoms with Crippen molar-refractivity contribution in [2.75, 3.05) is 165 Å². The number of aromatic nitrogens is 7. The van der Waals surface area contributed by atoms with Gasteiger partial charge in [-0.1, -0.05) is 71.1 Å². The number of hydrogen-bond acceptors (Lipinski definition) is 32. The highest BCUT2D eigenvalue weighted by molar-refractivity contribution is 6.39. The minimum atomic E-state index is -2.45. The van der Waals surface area contributed by atoms with Crippen LogP contribution >= 0.6 is 0 Å². The van der Waals surface area contributed by atoms with Gasteiger partial charge in [0.2, 0.25) is 11.7 Å². The van der Waals surface area contributed by atoms with E-state index in [2.05, 4.69) is 19.9 Å². The zero-order chi connectivity index (χ0) is 94.5. The zero-order valence-electron chi connectivity index (χ0n) is 79.4. The molecule has 0 radical (unpaired) electrons. The Kier molecular flexibility index (Phi) is 44.4. The molecule has 5 aromatic rings. The Morgan fingerprint density at radius 2 is 1.40 bits per heavy atom. The first-order chi connectivity index (χ1) is 63.1. The van der Waals surface area contributed by atoms with E-state index in [0.717, 1.165) is 33.6 Å². The van der Waals surface area contributed by atoms with E-state index in [-0.39, 0.29) is 73.3 Å². The summed E-state index contributed by atoms with van der Waals surface area (Å²) >= 11 is 0. The number of nitrogen functional groups attached to an aromatic ring is 1. The maximum atomic E-state index is 14.7. The molecule has 0 unspecified atom stereocenters. The summed E-state index contributed by atoms with van der Waals surface area (Å²) in [6, 6.07) is 4.58. The summed E-state index contributed by atoms with van der Waals surface area (Å²) in [5, 5.41) is 41.4. The first kappa shape index (κ1) is 106. The zero-order valence-corrected chi connectivity index (χ0v) is 79.4. The number of allylic oxidation sites excluding steroid dienone is 5. The number of esters is 2. The number of nitrogens with two attached hydrogens (primary N) is 1. The van der Waals surface area contributed by atoms with Gasteiger partial charge in [-0.25, -0.2) is 29.4 Å². The van der Waals surface area contributed by atoms with Crippen LogP contribution in [0.15, 0.2) is 82.7 Å². The van der Waals surface area contributed by atoms with Crippen LogP contribution in [0.1, 0.15) is 176 Å². The van der Waals surface area contributed by atoms with Crippen LogP contribution in [0.4, 0.5) is 11.8 Å². The molecular weight excluding hydrogens is 1690 g/mol. The average molecular weight is 1840 g/mol. The summed E-state index contributed by atoms with van der Waals surface area (Å²) < 4.78 is 86.8. The minimum absolute atomic E-state index is 0.0100. The molecular formula is C96H145N11O24. The van der Waals surface area contributed by atoms with E-state index in [9.17, 15) is 44.1 Å². The van der Waals surface area contributed by atoms with Gasteiger partial charge in [-0.15, -0.1) is 0 Å². The number of methoxy groups -OCH3 is 3. The molecule has 10 rings (SSSR count). The Morgan fingerprint density at radius 3 is 2.06 bits per heavy atom. The predicted molar refractivity (Wildman–Crippen MR) is 489 cm³/mol. The van der Waals surface area contributed by atoms with Gasteiger partial charge in [0, 0.05) is 136 Å². The van der Waals surface area contributed by atoms with E-state index in [0.29, 0.717) is 243 Å². The smallest absolute Gasteiger partial charge is 0.329 e. The van der Waals surface area contributed by atoms with E-state index in [1.807, 2.05) is 114 Å². The highest BCUT2D eigenvalue weighted by Crippen LogP contribution is 2.40. The van der Waals surface area contributed by atoms with Gasteiger partial charge in [-0.2, -0.15) is 10.1 Å². The van der Waals surface area contributed by atoms with Crippen molar-refractivity contribution >= 4 is 69.3 Å². The number of aliphatic hydroxyl groups excluding tert-OH is 2. The number of Topliss-reactive ketones (excluding diaryl/α,β-unsaturated/α-hetero) is 2. The number of carbonyl (C=O) groups excluding carboxylic acids is 6. The molecule has 131 heavy (non-hydrogen) atoms. The maximum absolute atomic E-state index is 14.7.